The fourth-order valence-corrected chi connectivity index (χ4v) is 2.27. The molecule has 3 nitrogen and oxygen atoms in total. The van der Waals surface area contributed by atoms with E-state index in [4.69, 9.17) is 9.47 Å². The molecule has 0 aromatic heterocycles. The number of ether oxygens (including phenoxy) is 2. The van der Waals surface area contributed by atoms with Crippen LogP contribution in [0.4, 0.5) is 0 Å². The Morgan fingerprint density at radius 2 is 1.50 bits per heavy atom. The van der Waals surface area contributed by atoms with E-state index in [2.05, 4.69) is 36.5 Å². The minimum absolute atomic E-state index is 0.130. The molecule has 2 aromatic carbocycles. The molecule has 0 radical (unpaired) electrons. The Morgan fingerprint density at radius 3 is 2.00 bits per heavy atom. The van der Waals surface area contributed by atoms with Crippen molar-refractivity contribution in [3.8, 4) is 11.5 Å². The molecule has 0 fully saturated rings. The molecule has 0 aliphatic carbocycles. The van der Waals surface area contributed by atoms with Gasteiger partial charge in [-0.15, -0.1) is 0 Å². The average Bonchev–Trinajstić information content (AvgIpc) is 2.52. The van der Waals surface area contributed by atoms with Crippen LogP contribution in [-0.4, -0.2) is 20.8 Å². The Morgan fingerprint density at radius 1 is 0.900 bits per heavy atom. The Kier molecular flexibility index (Phi) is 5.02. The second-order valence-electron chi connectivity index (χ2n) is 4.55. The van der Waals surface area contributed by atoms with Crippen LogP contribution in [-0.2, 0) is 0 Å². The van der Waals surface area contributed by atoms with Crippen LogP contribution in [0.5, 0.6) is 11.5 Å². The maximum atomic E-state index is 5.35. The lowest BCUT2D eigenvalue weighted by atomic mass is 9.98. The number of hydrogen-bond donors (Lipinski definition) is 1. The summed E-state index contributed by atoms with van der Waals surface area (Å²) in [5.41, 5.74) is 2.36. The van der Waals surface area contributed by atoms with Crippen LogP contribution in [0, 0.1) is 0 Å². The van der Waals surface area contributed by atoms with Gasteiger partial charge in [-0.2, -0.15) is 0 Å². The number of nitrogens with one attached hydrogen (secondary N) is 1. The second-order valence-corrected chi connectivity index (χ2v) is 4.55. The first-order chi connectivity index (χ1) is 9.78. The Labute approximate surface area is 120 Å². The SMILES string of the molecule is CCNC(c1ccccc1)c1cc(OC)cc(OC)c1. The van der Waals surface area contributed by atoms with Gasteiger partial charge in [-0.25, -0.2) is 0 Å². The Bertz CT molecular complexity index is 518. The molecule has 1 atom stereocenters. The quantitative estimate of drug-likeness (QED) is 0.873. The third-order valence-electron chi connectivity index (χ3n) is 3.25. The predicted molar refractivity (Wildman–Crippen MR) is 81.5 cm³/mol. The van der Waals surface area contributed by atoms with Crippen LogP contribution in [0.2, 0.25) is 0 Å². The van der Waals surface area contributed by atoms with E-state index in [-0.39, 0.29) is 6.04 Å². The summed E-state index contributed by atoms with van der Waals surface area (Å²) in [6, 6.07) is 16.5. The molecule has 106 valence electrons. The summed E-state index contributed by atoms with van der Waals surface area (Å²) in [4.78, 5) is 0. The molecule has 0 amide bonds. The highest BCUT2D eigenvalue weighted by Crippen LogP contribution is 2.29. The van der Waals surface area contributed by atoms with E-state index in [1.807, 2.05) is 24.3 Å². The fourth-order valence-electron chi connectivity index (χ4n) is 2.27. The zero-order valence-electron chi connectivity index (χ0n) is 12.2. The van der Waals surface area contributed by atoms with Crippen molar-refractivity contribution in [1.82, 2.24) is 5.32 Å². The van der Waals surface area contributed by atoms with Crippen molar-refractivity contribution in [2.24, 2.45) is 0 Å². The maximum absolute atomic E-state index is 5.35. The molecule has 3 heteroatoms. The monoisotopic (exact) mass is 271 g/mol. The van der Waals surface area contributed by atoms with Gasteiger partial charge < -0.3 is 14.8 Å². The highest BCUT2D eigenvalue weighted by Gasteiger charge is 2.14. The summed E-state index contributed by atoms with van der Waals surface area (Å²) in [6.45, 7) is 2.99. The molecule has 2 aromatic rings. The van der Waals surface area contributed by atoms with E-state index < -0.39 is 0 Å². The van der Waals surface area contributed by atoms with Gasteiger partial charge in [-0.05, 0) is 29.8 Å². The minimum Gasteiger partial charge on any atom is -0.497 e. The zero-order chi connectivity index (χ0) is 14.4. The molecule has 0 heterocycles. The molecular formula is C17H21NO2. The van der Waals surface area contributed by atoms with Gasteiger partial charge in [0.2, 0.25) is 0 Å². The van der Waals surface area contributed by atoms with Gasteiger partial charge >= 0.3 is 0 Å². The highest BCUT2D eigenvalue weighted by atomic mass is 16.5. The first kappa shape index (κ1) is 14.4. The van der Waals surface area contributed by atoms with E-state index in [9.17, 15) is 0 Å². The molecule has 0 saturated carbocycles. The van der Waals surface area contributed by atoms with E-state index in [0.29, 0.717) is 0 Å². The molecule has 0 spiro atoms. The number of benzene rings is 2. The molecule has 0 bridgehead atoms. The second kappa shape index (κ2) is 6.96. The van der Waals surface area contributed by atoms with Crippen LogP contribution in [0.25, 0.3) is 0 Å². The predicted octanol–water partition coefficient (Wildman–Crippen LogP) is 3.40. The van der Waals surface area contributed by atoms with Crippen LogP contribution in [0.15, 0.2) is 48.5 Å². The Hall–Kier alpha value is -2.00. The lowest BCUT2D eigenvalue weighted by Gasteiger charge is -2.20. The van der Waals surface area contributed by atoms with Gasteiger partial charge in [0.1, 0.15) is 11.5 Å². The lowest BCUT2D eigenvalue weighted by Crippen LogP contribution is -2.22. The topological polar surface area (TPSA) is 30.5 Å². The molecule has 1 unspecified atom stereocenters. The van der Waals surface area contributed by atoms with Crippen molar-refractivity contribution in [1.29, 1.82) is 0 Å². The van der Waals surface area contributed by atoms with Gasteiger partial charge in [-0.1, -0.05) is 37.3 Å². The van der Waals surface area contributed by atoms with Gasteiger partial charge in [0.25, 0.3) is 0 Å². The first-order valence-corrected chi connectivity index (χ1v) is 6.79. The summed E-state index contributed by atoms with van der Waals surface area (Å²) in [5.74, 6) is 1.61. The van der Waals surface area contributed by atoms with Gasteiger partial charge in [0.05, 0.1) is 20.3 Å². The van der Waals surface area contributed by atoms with Gasteiger partial charge in [-0.3, -0.25) is 0 Å². The van der Waals surface area contributed by atoms with Crippen molar-refractivity contribution in [2.75, 3.05) is 20.8 Å². The normalized spacial score (nSPS) is 11.9. The van der Waals surface area contributed by atoms with Gasteiger partial charge in [0.15, 0.2) is 0 Å². The van der Waals surface area contributed by atoms with Crippen molar-refractivity contribution in [3.05, 3.63) is 59.7 Å². The first-order valence-electron chi connectivity index (χ1n) is 6.79. The molecule has 0 aliphatic heterocycles. The summed E-state index contributed by atoms with van der Waals surface area (Å²) < 4.78 is 10.7. The van der Waals surface area contributed by atoms with E-state index in [1.54, 1.807) is 14.2 Å². The summed E-state index contributed by atoms with van der Waals surface area (Å²) in [6.07, 6.45) is 0. The fraction of sp³-hybridized carbons (Fsp3) is 0.294. The standard InChI is InChI=1S/C17H21NO2/c1-4-18-17(13-8-6-5-7-9-13)14-10-15(19-2)12-16(11-14)20-3/h5-12,17-18H,4H2,1-3H3. The van der Waals surface area contributed by atoms with Crippen molar-refractivity contribution < 1.29 is 9.47 Å². The van der Waals surface area contributed by atoms with Crippen molar-refractivity contribution in [2.45, 2.75) is 13.0 Å². The molecular weight excluding hydrogens is 250 g/mol. The third-order valence-corrected chi connectivity index (χ3v) is 3.25. The molecule has 2 rings (SSSR count). The number of hydrogen-bond acceptors (Lipinski definition) is 3. The van der Waals surface area contributed by atoms with E-state index in [1.165, 1.54) is 5.56 Å². The maximum Gasteiger partial charge on any atom is 0.122 e. The van der Waals surface area contributed by atoms with Crippen LogP contribution in [0.3, 0.4) is 0 Å². The Balaban J connectivity index is 2.43. The van der Waals surface area contributed by atoms with Crippen LogP contribution >= 0.6 is 0 Å². The van der Waals surface area contributed by atoms with Crippen LogP contribution in [0.1, 0.15) is 24.1 Å². The summed E-state index contributed by atoms with van der Waals surface area (Å²) in [5, 5.41) is 3.51. The summed E-state index contributed by atoms with van der Waals surface area (Å²) >= 11 is 0. The molecule has 1 N–H and O–H groups in total. The molecule has 0 saturated heterocycles. The zero-order valence-corrected chi connectivity index (χ0v) is 12.2. The van der Waals surface area contributed by atoms with E-state index in [0.717, 1.165) is 23.6 Å². The van der Waals surface area contributed by atoms with E-state index >= 15 is 0 Å². The van der Waals surface area contributed by atoms with Crippen LogP contribution < -0.4 is 14.8 Å². The van der Waals surface area contributed by atoms with Crippen molar-refractivity contribution >= 4 is 0 Å². The number of rotatable bonds is 6. The molecule has 20 heavy (non-hydrogen) atoms. The number of methoxy groups -OCH3 is 2. The summed E-state index contributed by atoms with van der Waals surface area (Å²) in [7, 11) is 3.34. The minimum atomic E-state index is 0.130. The largest absolute Gasteiger partial charge is 0.497 e. The third kappa shape index (κ3) is 3.31. The lowest BCUT2D eigenvalue weighted by molar-refractivity contribution is 0.392. The van der Waals surface area contributed by atoms with Gasteiger partial charge in [0, 0.05) is 6.07 Å². The highest BCUT2D eigenvalue weighted by molar-refractivity contribution is 5.43. The molecule has 0 aliphatic rings. The average molecular weight is 271 g/mol. The smallest absolute Gasteiger partial charge is 0.122 e. The van der Waals surface area contributed by atoms with Crippen molar-refractivity contribution in [3.63, 3.8) is 0 Å².